The summed E-state index contributed by atoms with van der Waals surface area (Å²) in [7, 11) is 0. The van der Waals surface area contributed by atoms with Gasteiger partial charge >= 0.3 is 0 Å². The number of nitrogens with one attached hydrogen (secondary N) is 1. The summed E-state index contributed by atoms with van der Waals surface area (Å²) in [4.78, 5) is 0. The van der Waals surface area contributed by atoms with Gasteiger partial charge in [0.1, 0.15) is 18.2 Å². The molecule has 29 heavy (non-hydrogen) atoms. The van der Waals surface area contributed by atoms with E-state index in [1.807, 2.05) is 18.2 Å². The third kappa shape index (κ3) is 7.81. The molecule has 1 N–H and O–H groups in total. The van der Waals surface area contributed by atoms with Gasteiger partial charge in [0, 0.05) is 22.6 Å². The van der Waals surface area contributed by atoms with E-state index >= 15 is 0 Å². The van der Waals surface area contributed by atoms with E-state index in [2.05, 4.69) is 58.5 Å². The molecule has 0 heterocycles. The van der Waals surface area contributed by atoms with Crippen molar-refractivity contribution >= 4 is 28.3 Å². The highest BCUT2D eigenvalue weighted by molar-refractivity contribution is 9.10. The van der Waals surface area contributed by atoms with Gasteiger partial charge in [0.25, 0.3) is 0 Å². The third-order valence-corrected chi connectivity index (χ3v) is 5.17. The SMILES string of the molecule is CC(CCc1ccccc1)NCc1cc(Br)ccc1OCc1ccc(F)cc1.Cl. The molecule has 0 aromatic heterocycles. The maximum Gasteiger partial charge on any atom is 0.124 e. The fourth-order valence-electron chi connectivity index (χ4n) is 2.98. The highest BCUT2D eigenvalue weighted by Gasteiger charge is 2.08. The molecular weight excluding hydrogens is 453 g/mol. The number of hydrogen-bond donors (Lipinski definition) is 1. The van der Waals surface area contributed by atoms with Gasteiger partial charge in [0.05, 0.1) is 0 Å². The van der Waals surface area contributed by atoms with Crippen LogP contribution in [0.4, 0.5) is 4.39 Å². The van der Waals surface area contributed by atoms with Crippen LogP contribution >= 0.6 is 28.3 Å². The van der Waals surface area contributed by atoms with Crippen LogP contribution in [0.5, 0.6) is 5.75 Å². The molecule has 0 amide bonds. The zero-order chi connectivity index (χ0) is 19.8. The first-order chi connectivity index (χ1) is 13.6. The Kier molecular flexibility index (Phi) is 9.65. The third-order valence-electron chi connectivity index (χ3n) is 4.68. The normalized spacial score (nSPS) is 11.6. The Bertz CT molecular complexity index is 874. The first kappa shape index (κ1) is 23.4. The minimum Gasteiger partial charge on any atom is -0.489 e. The second-order valence-electron chi connectivity index (χ2n) is 6.97. The maximum atomic E-state index is 13.1. The van der Waals surface area contributed by atoms with Crippen molar-refractivity contribution in [3.05, 3.63) is 99.8 Å². The Morgan fingerprint density at radius 2 is 1.69 bits per heavy atom. The van der Waals surface area contributed by atoms with Gasteiger partial charge in [0.15, 0.2) is 0 Å². The van der Waals surface area contributed by atoms with Crippen molar-refractivity contribution in [2.24, 2.45) is 0 Å². The average molecular weight is 479 g/mol. The number of benzene rings is 3. The first-order valence-corrected chi connectivity index (χ1v) is 10.3. The van der Waals surface area contributed by atoms with Crippen molar-refractivity contribution in [3.8, 4) is 5.75 Å². The van der Waals surface area contributed by atoms with Gasteiger partial charge in [-0.3, -0.25) is 0 Å². The Morgan fingerprint density at radius 1 is 0.966 bits per heavy atom. The van der Waals surface area contributed by atoms with Crippen LogP contribution in [0.25, 0.3) is 0 Å². The molecular formula is C24H26BrClFNO. The van der Waals surface area contributed by atoms with Crippen LogP contribution in [0.15, 0.2) is 77.3 Å². The van der Waals surface area contributed by atoms with Gasteiger partial charge in [-0.05, 0) is 61.2 Å². The predicted molar refractivity (Wildman–Crippen MR) is 123 cm³/mol. The van der Waals surface area contributed by atoms with Crippen LogP contribution in [0.3, 0.4) is 0 Å². The average Bonchev–Trinajstić information content (AvgIpc) is 2.72. The van der Waals surface area contributed by atoms with E-state index < -0.39 is 0 Å². The summed E-state index contributed by atoms with van der Waals surface area (Å²) < 4.78 is 20.1. The fraction of sp³-hybridized carbons (Fsp3) is 0.250. The lowest BCUT2D eigenvalue weighted by molar-refractivity contribution is 0.301. The van der Waals surface area contributed by atoms with Crippen LogP contribution in [-0.2, 0) is 19.6 Å². The maximum absolute atomic E-state index is 13.1. The molecule has 0 radical (unpaired) electrons. The second-order valence-corrected chi connectivity index (χ2v) is 7.89. The topological polar surface area (TPSA) is 21.3 Å². The molecule has 3 aromatic rings. The summed E-state index contributed by atoms with van der Waals surface area (Å²) in [5.41, 5.74) is 3.41. The summed E-state index contributed by atoms with van der Waals surface area (Å²) in [5, 5.41) is 3.59. The zero-order valence-corrected chi connectivity index (χ0v) is 18.8. The quantitative estimate of drug-likeness (QED) is 0.369. The summed E-state index contributed by atoms with van der Waals surface area (Å²) in [5.74, 6) is 0.608. The van der Waals surface area contributed by atoms with E-state index in [-0.39, 0.29) is 18.2 Å². The Morgan fingerprint density at radius 3 is 2.41 bits per heavy atom. The van der Waals surface area contributed by atoms with E-state index in [0.29, 0.717) is 12.6 Å². The molecule has 5 heteroatoms. The van der Waals surface area contributed by atoms with Crippen molar-refractivity contribution in [1.82, 2.24) is 5.32 Å². The fourth-order valence-corrected chi connectivity index (χ4v) is 3.39. The minimum absolute atomic E-state index is 0. The molecule has 0 bridgehead atoms. The van der Waals surface area contributed by atoms with Crippen LogP contribution in [0, 0.1) is 5.82 Å². The van der Waals surface area contributed by atoms with E-state index in [1.165, 1.54) is 17.7 Å². The molecule has 0 aliphatic rings. The smallest absolute Gasteiger partial charge is 0.124 e. The second kappa shape index (κ2) is 12.0. The van der Waals surface area contributed by atoms with Gasteiger partial charge < -0.3 is 10.1 Å². The molecule has 0 fully saturated rings. The van der Waals surface area contributed by atoms with Gasteiger partial charge in [-0.2, -0.15) is 0 Å². The molecule has 3 rings (SSSR count). The standard InChI is InChI=1S/C24H25BrFNO.ClH/c1-18(7-8-19-5-3-2-4-6-19)27-16-21-15-22(25)11-14-24(21)28-17-20-9-12-23(26)13-10-20;/h2-6,9-15,18,27H,7-8,16-17H2,1H3;1H. The number of halogens is 3. The molecule has 0 aliphatic carbocycles. The molecule has 0 aliphatic heterocycles. The predicted octanol–water partition coefficient (Wildman–Crippen LogP) is 6.70. The molecule has 1 unspecified atom stereocenters. The first-order valence-electron chi connectivity index (χ1n) is 9.53. The molecule has 3 aromatic carbocycles. The number of hydrogen-bond acceptors (Lipinski definition) is 2. The van der Waals surface area contributed by atoms with Crippen molar-refractivity contribution < 1.29 is 9.13 Å². The summed E-state index contributed by atoms with van der Waals surface area (Å²) >= 11 is 3.54. The van der Waals surface area contributed by atoms with Crippen LogP contribution in [0.1, 0.15) is 30.0 Å². The van der Waals surface area contributed by atoms with Gasteiger partial charge in [-0.15, -0.1) is 12.4 Å². The Hall–Kier alpha value is -1.88. The number of ether oxygens (including phenoxy) is 1. The lowest BCUT2D eigenvalue weighted by Gasteiger charge is -2.17. The summed E-state index contributed by atoms with van der Waals surface area (Å²) in [6, 6.07) is 23.4. The highest BCUT2D eigenvalue weighted by atomic mass is 79.9. The van der Waals surface area contributed by atoms with Gasteiger partial charge in [-0.25, -0.2) is 4.39 Å². The summed E-state index contributed by atoms with van der Waals surface area (Å²) in [6.07, 6.45) is 2.13. The monoisotopic (exact) mass is 477 g/mol. The largest absolute Gasteiger partial charge is 0.489 e. The Balaban J connectivity index is 0.00000300. The molecule has 154 valence electrons. The highest BCUT2D eigenvalue weighted by Crippen LogP contribution is 2.24. The van der Waals surface area contributed by atoms with E-state index in [0.717, 1.165) is 40.7 Å². The molecule has 0 saturated heterocycles. The van der Waals surface area contributed by atoms with Gasteiger partial charge in [0.2, 0.25) is 0 Å². The van der Waals surface area contributed by atoms with Crippen LogP contribution < -0.4 is 10.1 Å². The Labute approximate surface area is 187 Å². The molecule has 1 atom stereocenters. The lowest BCUT2D eigenvalue weighted by Crippen LogP contribution is -2.26. The minimum atomic E-state index is -0.234. The van der Waals surface area contributed by atoms with Crippen molar-refractivity contribution in [1.29, 1.82) is 0 Å². The van der Waals surface area contributed by atoms with Crippen LogP contribution in [-0.4, -0.2) is 6.04 Å². The zero-order valence-electron chi connectivity index (χ0n) is 16.4. The van der Waals surface area contributed by atoms with E-state index in [4.69, 9.17) is 4.74 Å². The van der Waals surface area contributed by atoms with Crippen LogP contribution in [0.2, 0.25) is 0 Å². The van der Waals surface area contributed by atoms with Crippen molar-refractivity contribution in [2.75, 3.05) is 0 Å². The molecule has 0 spiro atoms. The van der Waals surface area contributed by atoms with Crippen molar-refractivity contribution in [2.45, 2.75) is 39.0 Å². The molecule has 2 nitrogen and oxygen atoms in total. The number of aryl methyl sites for hydroxylation is 1. The number of rotatable bonds is 9. The van der Waals surface area contributed by atoms with Gasteiger partial charge in [-0.1, -0.05) is 58.4 Å². The van der Waals surface area contributed by atoms with Crippen molar-refractivity contribution in [3.63, 3.8) is 0 Å². The summed E-state index contributed by atoms with van der Waals surface area (Å²) in [6.45, 7) is 3.35. The van der Waals surface area contributed by atoms with E-state index in [1.54, 1.807) is 12.1 Å². The van der Waals surface area contributed by atoms with E-state index in [9.17, 15) is 4.39 Å². The molecule has 0 saturated carbocycles. The lowest BCUT2D eigenvalue weighted by atomic mass is 10.1.